The first-order chi connectivity index (χ1) is 8.63. The maximum atomic E-state index is 11.6. The second kappa shape index (κ2) is 7.84. The topological polar surface area (TPSA) is 44.8 Å². The summed E-state index contributed by atoms with van der Waals surface area (Å²) in [4.78, 5) is 21.2. The molecule has 0 aliphatic carbocycles. The molecule has 0 spiro atoms. The summed E-state index contributed by atoms with van der Waals surface area (Å²) in [6.07, 6.45) is 0.961. The summed E-state index contributed by atoms with van der Waals surface area (Å²) >= 11 is 0. The van der Waals surface area contributed by atoms with Crippen molar-refractivity contribution >= 4 is 5.97 Å². The number of aryl methyl sites for hydroxylation is 2. The first kappa shape index (κ1) is 14.7. The first-order valence-corrected chi connectivity index (χ1v) is 6.13. The molecule has 0 amide bonds. The number of carbonyl (C=O) groups excluding carboxylic acids is 1. The Bertz CT molecular complexity index is 367. The molecule has 4 nitrogen and oxygen atoms in total. The van der Waals surface area contributed by atoms with Crippen LogP contribution in [0, 0.1) is 13.8 Å². The third kappa shape index (κ3) is 5.29. The molecule has 0 aliphatic heterocycles. The predicted octanol–water partition coefficient (Wildman–Crippen LogP) is 2.82. The van der Waals surface area contributed by atoms with E-state index in [1.165, 1.54) is 0 Å². The molecule has 0 aromatic heterocycles. The van der Waals surface area contributed by atoms with E-state index in [4.69, 9.17) is 14.5 Å². The van der Waals surface area contributed by atoms with Gasteiger partial charge in [-0.15, -0.1) is 0 Å². The van der Waals surface area contributed by atoms with Gasteiger partial charge < -0.3 is 4.74 Å². The number of rotatable bonds is 7. The Morgan fingerprint density at radius 2 is 1.72 bits per heavy atom. The summed E-state index contributed by atoms with van der Waals surface area (Å²) in [5.41, 5.74) is 2.54. The molecule has 1 rings (SSSR count). The van der Waals surface area contributed by atoms with Crippen LogP contribution in [0.4, 0.5) is 0 Å². The van der Waals surface area contributed by atoms with Crippen LogP contribution in [-0.2, 0) is 14.5 Å². The molecule has 0 atom stereocenters. The molecule has 0 aliphatic rings. The van der Waals surface area contributed by atoms with Crippen molar-refractivity contribution in [2.45, 2.75) is 27.2 Å². The Kier molecular flexibility index (Phi) is 6.39. The molecule has 0 N–H and O–H groups in total. The van der Waals surface area contributed by atoms with Gasteiger partial charge in [0.05, 0.1) is 12.2 Å². The highest BCUT2D eigenvalue weighted by atomic mass is 17.2. The van der Waals surface area contributed by atoms with Crippen molar-refractivity contribution in [3.63, 3.8) is 0 Å². The second-order valence-corrected chi connectivity index (χ2v) is 4.18. The molecule has 0 unspecified atom stereocenters. The molecule has 0 saturated carbocycles. The minimum absolute atomic E-state index is 0.247. The van der Waals surface area contributed by atoms with Crippen LogP contribution >= 0.6 is 0 Å². The highest BCUT2D eigenvalue weighted by Gasteiger charge is 2.09. The minimum Gasteiger partial charge on any atom is -0.379 e. The van der Waals surface area contributed by atoms with Crippen LogP contribution < -0.4 is 0 Å². The van der Waals surface area contributed by atoms with Crippen molar-refractivity contribution in [1.82, 2.24) is 0 Å². The van der Waals surface area contributed by atoms with Crippen LogP contribution in [0.15, 0.2) is 18.2 Å². The van der Waals surface area contributed by atoms with Gasteiger partial charge in [-0.05, 0) is 32.4 Å². The molecule has 0 fully saturated rings. The minimum atomic E-state index is -0.475. The van der Waals surface area contributed by atoms with Crippen molar-refractivity contribution in [3.8, 4) is 0 Å². The van der Waals surface area contributed by atoms with E-state index in [2.05, 4.69) is 0 Å². The maximum Gasteiger partial charge on any atom is 0.373 e. The van der Waals surface area contributed by atoms with Gasteiger partial charge in [-0.1, -0.05) is 24.1 Å². The van der Waals surface area contributed by atoms with Gasteiger partial charge in [0.1, 0.15) is 6.61 Å². The number of ether oxygens (including phenoxy) is 1. The van der Waals surface area contributed by atoms with Gasteiger partial charge in [-0.3, -0.25) is 4.89 Å². The molecule has 1 aromatic rings. The van der Waals surface area contributed by atoms with E-state index in [9.17, 15) is 4.79 Å². The molecule has 0 radical (unpaired) electrons. The second-order valence-electron chi connectivity index (χ2n) is 4.18. The van der Waals surface area contributed by atoms with Gasteiger partial charge in [-0.25, -0.2) is 4.79 Å². The Hall–Kier alpha value is -1.39. The number of hydrogen-bond acceptors (Lipinski definition) is 4. The molecule has 0 bridgehead atoms. The monoisotopic (exact) mass is 252 g/mol. The lowest BCUT2D eigenvalue weighted by Crippen LogP contribution is -2.10. The van der Waals surface area contributed by atoms with Crippen LogP contribution in [0.5, 0.6) is 0 Å². The quantitative estimate of drug-likeness (QED) is 0.425. The largest absolute Gasteiger partial charge is 0.379 e. The van der Waals surface area contributed by atoms with Crippen LogP contribution in [0.25, 0.3) is 0 Å². The Morgan fingerprint density at radius 3 is 2.33 bits per heavy atom. The molecule has 4 heteroatoms. The van der Waals surface area contributed by atoms with Gasteiger partial charge in [0.15, 0.2) is 0 Å². The average Bonchev–Trinajstić information content (AvgIpc) is 2.32. The van der Waals surface area contributed by atoms with E-state index in [0.29, 0.717) is 18.8 Å². The fourth-order valence-electron chi connectivity index (χ4n) is 1.58. The summed E-state index contributed by atoms with van der Waals surface area (Å²) in [7, 11) is 0. The van der Waals surface area contributed by atoms with E-state index in [-0.39, 0.29) is 6.61 Å². The standard InChI is InChI=1S/C14H20O4/c1-4-5-16-6-7-17-18-14(15)13-9-11(2)8-12(3)10-13/h8-10H,4-7H2,1-3H3. The van der Waals surface area contributed by atoms with Crippen LogP contribution in [0.1, 0.15) is 34.8 Å². The summed E-state index contributed by atoms with van der Waals surface area (Å²) in [5, 5.41) is 0. The fourth-order valence-corrected chi connectivity index (χ4v) is 1.58. The zero-order valence-corrected chi connectivity index (χ0v) is 11.2. The molecule has 0 heterocycles. The third-order valence-corrected chi connectivity index (χ3v) is 2.25. The van der Waals surface area contributed by atoms with Crippen molar-refractivity contribution in [2.75, 3.05) is 19.8 Å². The molecular weight excluding hydrogens is 232 g/mol. The first-order valence-electron chi connectivity index (χ1n) is 6.13. The third-order valence-electron chi connectivity index (χ3n) is 2.25. The normalized spacial score (nSPS) is 10.4. The molecule has 1 aromatic carbocycles. The fraction of sp³-hybridized carbons (Fsp3) is 0.500. The lowest BCUT2D eigenvalue weighted by molar-refractivity contribution is -0.247. The van der Waals surface area contributed by atoms with Crippen molar-refractivity contribution in [1.29, 1.82) is 0 Å². The summed E-state index contributed by atoms with van der Waals surface area (Å²) in [6.45, 7) is 7.26. The predicted molar refractivity (Wildman–Crippen MR) is 68.4 cm³/mol. The summed E-state index contributed by atoms with van der Waals surface area (Å²) < 4.78 is 5.19. The van der Waals surface area contributed by atoms with Gasteiger partial charge in [-0.2, -0.15) is 4.89 Å². The molecular formula is C14H20O4. The number of benzene rings is 1. The Morgan fingerprint density at radius 1 is 1.06 bits per heavy atom. The average molecular weight is 252 g/mol. The smallest absolute Gasteiger partial charge is 0.373 e. The van der Waals surface area contributed by atoms with E-state index in [1.54, 1.807) is 12.1 Å². The molecule has 0 saturated heterocycles. The lowest BCUT2D eigenvalue weighted by Gasteiger charge is -2.06. The van der Waals surface area contributed by atoms with Crippen molar-refractivity contribution in [2.24, 2.45) is 0 Å². The van der Waals surface area contributed by atoms with Crippen molar-refractivity contribution in [3.05, 3.63) is 34.9 Å². The highest BCUT2D eigenvalue weighted by molar-refractivity contribution is 5.89. The summed E-state index contributed by atoms with van der Waals surface area (Å²) in [5.74, 6) is -0.475. The Labute approximate surface area is 108 Å². The SMILES string of the molecule is CCCOCCOOC(=O)c1cc(C)cc(C)c1. The summed E-state index contributed by atoms with van der Waals surface area (Å²) in [6, 6.07) is 5.54. The molecule has 100 valence electrons. The zero-order chi connectivity index (χ0) is 13.4. The number of hydrogen-bond donors (Lipinski definition) is 0. The van der Waals surface area contributed by atoms with Crippen LogP contribution in [0.3, 0.4) is 0 Å². The maximum absolute atomic E-state index is 11.6. The van der Waals surface area contributed by atoms with E-state index < -0.39 is 5.97 Å². The lowest BCUT2D eigenvalue weighted by atomic mass is 10.1. The highest BCUT2D eigenvalue weighted by Crippen LogP contribution is 2.10. The van der Waals surface area contributed by atoms with Gasteiger partial charge >= 0.3 is 5.97 Å². The van der Waals surface area contributed by atoms with Crippen LogP contribution in [-0.4, -0.2) is 25.8 Å². The van der Waals surface area contributed by atoms with Gasteiger partial charge in [0.25, 0.3) is 0 Å². The van der Waals surface area contributed by atoms with Crippen molar-refractivity contribution < 1.29 is 19.3 Å². The van der Waals surface area contributed by atoms with E-state index in [0.717, 1.165) is 17.5 Å². The molecule has 18 heavy (non-hydrogen) atoms. The van der Waals surface area contributed by atoms with E-state index >= 15 is 0 Å². The van der Waals surface area contributed by atoms with Crippen LogP contribution in [0.2, 0.25) is 0 Å². The number of carbonyl (C=O) groups is 1. The Balaban J connectivity index is 2.32. The van der Waals surface area contributed by atoms with E-state index in [1.807, 2.05) is 26.8 Å². The zero-order valence-electron chi connectivity index (χ0n) is 11.2. The van der Waals surface area contributed by atoms with Gasteiger partial charge in [0, 0.05) is 6.61 Å². The van der Waals surface area contributed by atoms with Gasteiger partial charge in [0.2, 0.25) is 0 Å².